The molecule has 0 saturated carbocycles. The van der Waals surface area contributed by atoms with Gasteiger partial charge in [0.1, 0.15) is 5.82 Å². The fourth-order valence-electron chi connectivity index (χ4n) is 1.30. The summed E-state index contributed by atoms with van der Waals surface area (Å²) in [5, 5.41) is 0. The van der Waals surface area contributed by atoms with Crippen LogP contribution in [0, 0.1) is 17.5 Å². The van der Waals surface area contributed by atoms with Crippen LogP contribution in [-0.4, -0.2) is 11.9 Å². The lowest BCUT2D eigenvalue weighted by Crippen LogP contribution is -2.15. The van der Waals surface area contributed by atoms with Crippen molar-refractivity contribution in [3.8, 4) is 0 Å². The molecule has 4 nitrogen and oxygen atoms in total. The van der Waals surface area contributed by atoms with Crippen molar-refractivity contribution < 1.29 is 22.7 Å². The minimum absolute atomic E-state index is 0.329. The highest BCUT2D eigenvalue weighted by Gasteiger charge is 2.32. The highest BCUT2D eigenvalue weighted by atomic mass is 19.2. The van der Waals surface area contributed by atoms with E-state index in [4.69, 9.17) is 5.73 Å². The zero-order valence-corrected chi connectivity index (χ0v) is 7.71. The largest absolute Gasteiger partial charge is 0.446 e. The number of benzene rings is 1. The Kier molecular flexibility index (Phi) is 2.30. The maximum atomic E-state index is 13.3. The van der Waals surface area contributed by atoms with Crippen molar-refractivity contribution in [1.29, 1.82) is 0 Å². The molecule has 0 radical (unpaired) electrons. The van der Waals surface area contributed by atoms with Crippen molar-refractivity contribution in [1.82, 2.24) is 0 Å². The molecule has 0 aliphatic carbocycles. The van der Waals surface area contributed by atoms with Gasteiger partial charge in [0, 0.05) is 11.6 Å². The van der Waals surface area contributed by atoms with Gasteiger partial charge in [-0.05, 0) is 6.07 Å². The zero-order valence-electron chi connectivity index (χ0n) is 7.71. The molecule has 2 rings (SSSR count). The molecule has 0 aromatic heterocycles. The minimum atomic E-state index is -1.45. The van der Waals surface area contributed by atoms with E-state index in [1.165, 1.54) is 0 Å². The Bertz CT molecular complexity index is 502. The highest BCUT2D eigenvalue weighted by molar-refractivity contribution is 5.98. The Morgan fingerprint density at radius 3 is 2.38 bits per heavy atom. The van der Waals surface area contributed by atoms with Crippen LogP contribution in [0.25, 0.3) is 0 Å². The first-order valence-corrected chi connectivity index (χ1v) is 4.18. The topological polar surface area (TPSA) is 64.7 Å². The normalized spacial score (nSPS) is 19.6. The number of hydrogen-bond acceptors (Lipinski definition) is 3. The van der Waals surface area contributed by atoms with Crippen LogP contribution in [0.4, 0.5) is 13.2 Å². The van der Waals surface area contributed by atoms with Gasteiger partial charge in [-0.25, -0.2) is 13.2 Å². The molecule has 0 fully saturated rings. The molecule has 1 atom stereocenters. The summed E-state index contributed by atoms with van der Waals surface area (Å²) in [6, 6.07) is 0.441. The molecule has 1 heterocycles. The number of aliphatic imine (C=N–C) groups is 1. The Hall–Kier alpha value is -2.05. The number of carbonyl (C=O) groups excluding carboxylic acids is 1. The van der Waals surface area contributed by atoms with Crippen LogP contribution in [0.5, 0.6) is 0 Å². The molecule has 1 aromatic carbocycles. The molecule has 16 heavy (non-hydrogen) atoms. The van der Waals surface area contributed by atoms with E-state index >= 15 is 0 Å². The van der Waals surface area contributed by atoms with Gasteiger partial charge in [0.25, 0.3) is 11.9 Å². The van der Waals surface area contributed by atoms with Crippen molar-refractivity contribution in [3.63, 3.8) is 0 Å². The molecular formula is C9H5F3N2O2. The number of nitrogens with zero attached hydrogens (tertiary/aromatic N) is 1. The van der Waals surface area contributed by atoms with Crippen LogP contribution in [0.2, 0.25) is 0 Å². The Labute approximate surface area is 87.5 Å². The van der Waals surface area contributed by atoms with Crippen LogP contribution < -0.4 is 5.73 Å². The van der Waals surface area contributed by atoms with Gasteiger partial charge in [-0.2, -0.15) is 4.99 Å². The van der Waals surface area contributed by atoms with Gasteiger partial charge in [-0.1, -0.05) is 0 Å². The number of ether oxygens (including phenoxy) is 1. The first kappa shape index (κ1) is 10.5. The Balaban J connectivity index is 2.43. The lowest BCUT2D eigenvalue weighted by Gasteiger charge is -2.09. The standard InChI is InChI=1S/C9H5F3N2O2/c10-4-2-6(12)5(11)1-3(4)7-8(15)14-9(13)16-7/h1-2,7H,(H2,13,14,15). The molecule has 2 N–H and O–H groups in total. The number of rotatable bonds is 1. The van der Waals surface area contributed by atoms with Gasteiger partial charge in [0.2, 0.25) is 6.10 Å². The fourth-order valence-corrected chi connectivity index (χ4v) is 1.30. The summed E-state index contributed by atoms with van der Waals surface area (Å²) in [5.74, 6) is -4.58. The van der Waals surface area contributed by atoms with E-state index in [2.05, 4.69) is 9.73 Å². The molecule has 0 bridgehead atoms. The van der Waals surface area contributed by atoms with Crippen LogP contribution in [0.1, 0.15) is 11.7 Å². The number of hydrogen-bond donors (Lipinski definition) is 1. The number of amides is 1. The van der Waals surface area contributed by atoms with E-state index in [0.29, 0.717) is 12.1 Å². The van der Waals surface area contributed by atoms with E-state index in [1.54, 1.807) is 0 Å². The SMILES string of the molecule is NC1=NC(=O)C(c2cc(F)c(F)cc2F)O1. The zero-order chi connectivity index (χ0) is 11.9. The van der Waals surface area contributed by atoms with Crippen molar-refractivity contribution >= 4 is 11.9 Å². The molecule has 1 aromatic rings. The summed E-state index contributed by atoms with van der Waals surface area (Å²) in [7, 11) is 0. The van der Waals surface area contributed by atoms with E-state index < -0.39 is 41.0 Å². The summed E-state index contributed by atoms with van der Waals surface area (Å²) in [4.78, 5) is 14.3. The summed E-state index contributed by atoms with van der Waals surface area (Å²) >= 11 is 0. The van der Waals surface area contributed by atoms with Gasteiger partial charge in [0.15, 0.2) is 11.6 Å². The molecule has 84 valence electrons. The highest BCUT2D eigenvalue weighted by Crippen LogP contribution is 2.27. The molecule has 1 aliphatic rings. The van der Waals surface area contributed by atoms with Gasteiger partial charge in [-0.3, -0.25) is 4.79 Å². The van der Waals surface area contributed by atoms with Gasteiger partial charge >= 0.3 is 0 Å². The maximum absolute atomic E-state index is 13.3. The van der Waals surface area contributed by atoms with Crippen LogP contribution in [-0.2, 0) is 9.53 Å². The van der Waals surface area contributed by atoms with E-state index in [9.17, 15) is 18.0 Å². The molecule has 1 aliphatic heterocycles. The van der Waals surface area contributed by atoms with Gasteiger partial charge in [0.05, 0.1) is 0 Å². The summed E-state index contributed by atoms with van der Waals surface area (Å²) < 4.78 is 43.4. The Morgan fingerprint density at radius 2 is 1.81 bits per heavy atom. The first-order valence-electron chi connectivity index (χ1n) is 4.18. The second kappa shape index (κ2) is 3.51. The van der Waals surface area contributed by atoms with Crippen LogP contribution in [0.3, 0.4) is 0 Å². The summed E-state index contributed by atoms with van der Waals surface area (Å²) in [6.07, 6.45) is -1.45. The van der Waals surface area contributed by atoms with Crippen LogP contribution in [0.15, 0.2) is 17.1 Å². The summed E-state index contributed by atoms with van der Waals surface area (Å²) in [6.45, 7) is 0. The minimum Gasteiger partial charge on any atom is -0.446 e. The van der Waals surface area contributed by atoms with Crippen LogP contribution >= 0.6 is 0 Å². The number of carbonyl (C=O) groups is 1. The third-order valence-corrected chi connectivity index (χ3v) is 2.01. The van der Waals surface area contributed by atoms with Crippen molar-refractivity contribution in [2.24, 2.45) is 10.7 Å². The smallest absolute Gasteiger partial charge is 0.296 e. The fraction of sp³-hybridized carbons (Fsp3) is 0.111. The second-order valence-corrected chi connectivity index (χ2v) is 3.07. The monoisotopic (exact) mass is 230 g/mol. The Morgan fingerprint density at radius 1 is 1.19 bits per heavy atom. The van der Waals surface area contributed by atoms with Crippen molar-refractivity contribution in [2.75, 3.05) is 0 Å². The quantitative estimate of drug-likeness (QED) is 0.732. The lowest BCUT2D eigenvalue weighted by atomic mass is 10.1. The van der Waals surface area contributed by atoms with E-state index in [-0.39, 0.29) is 0 Å². The van der Waals surface area contributed by atoms with Gasteiger partial charge in [-0.15, -0.1) is 0 Å². The van der Waals surface area contributed by atoms with E-state index in [0.717, 1.165) is 0 Å². The van der Waals surface area contributed by atoms with Crippen molar-refractivity contribution in [3.05, 3.63) is 35.1 Å². The van der Waals surface area contributed by atoms with Gasteiger partial charge < -0.3 is 10.5 Å². The van der Waals surface area contributed by atoms with E-state index in [1.807, 2.05) is 0 Å². The average molecular weight is 230 g/mol. The van der Waals surface area contributed by atoms with Crippen molar-refractivity contribution in [2.45, 2.75) is 6.10 Å². The lowest BCUT2D eigenvalue weighted by molar-refractivity contribution is -0.123. The molecule has 0 saturated heterocycles. The third-order valence-electron chi connectivity index (χ3n) is 2.01. The maximum Gasteiger partial charge on any atom is 0.296 e. The molecular weight excluding hydrogens is 225 g/mol. The predicted molar refractivity (Wildman–Crippen MR) is 46.8 cm³/mol. The number of halogens is 3. The second-order valence-electron chi connectivity index (χ2n) is 3.07. The number of nitrogens with two attached hydrogens (primary N) is 1. The first-order chi connectivity index (χ1) is 7.49. The third kappa shape index (κ3) is 1.60. The molecule has 1 amide bonds. The average Bonchev–Trinajstić information content (AvgIpc) is 2.51. The molecule has 0 spiro atoms. The predicted octanol–water partition coefficient (Wildman–Crippen LogP) is 1.02. The summed E-state index contributed by atoms with van der Waals surface area (Å²) in [5.41, 5.74) is 4.65. The molecule has 7 heteroatoms. The number of amidine groups is 1. The molecule has 1 unspecified atom stereocenters.